The van der Waals surface area contributed by atoms with E-state index >= 15 is 0 Å². The molecule has 170 valence electrons. The van der Waals surface area contributed by atoms with Gasteiger partial charge in [0.2, 0.25) is 0 Å². The lowest BCUT2D eigenvalue weighted by Gasteiger charge is -2.13. The zero-order valence-electron chi connectivity index (χ0n) is 17.3. The maximum absolute atomic E-state index is 12.9. The quantitative estimate of drug-likeness (QED) is 0.389. The Labute approximate surface area is 186 Å². The number of pyridine rings is 1. The van der Waals surface area contributed by atoms with Crippen molar-refractivity contribution in [2.75, 3.05) is 17.2 Å². The molecule has 2 aromatic carbocycles. The van der Waals surface area contributed by atoms with Crippen LogP contribution in [-0.4, -0.2) is 29.3 Å². The summed E-state index contributed by atoms with van der Waals surface area (Å²) in [5.74, 6) is -1.65. The summed E-state index contributed by atoms with van der Waals surface area (Å²) in [4.78, 5) is 39.8. The minimum absolute atomic E-state index is 0.0259. The molecule has 7 nitrogen and oxygen atoms in total. The standard InChI is InChI=1S/C23H18F3N3O4/c1-14(30)15-7-9-17(10-8-15)28-20(31)13-33-22(32)19-6-3-11-27-21(19)29-18-5-2-4-16(12-18)23(24,25)26/h2-12H,13H2,1H3,(H,27,29)(H,28,31). The van der Waals surface area contributed by atoms with Crippen molar-refractivity contribution < 1.29 is 32.3 Å². The van der Waals surface area contributed by atoms with E-state index in [1.165, 1.54) is 49.5 Å². The number of hydrogen-bond donors (Lipinski definition) is 2. The number of anilines is 3. The number of Topliss-reactive ketones (excluding diaryl/α,β-unsaturated/α-hetero) is 1. The smallest absolute Gasteiger partial charge is 0.416 e. The van der Waals surface area contributed by atoms with Gasteiger partial charge in [0, 0.05) is 23.1 Å². The van der Waals surface area contributed by atoms with Crippen molar-refractivity contribution >= 4 is 34.9 Å². The monoisotopic (exact) mass is 457 g/mol. The number of carbonyl (C=O) groups excluding carboxylic acids is 3. The van der Waals surface area contributed by atoms with Crippen molar-refractivity contribution in [3.05, 3.63) is 83.6 Å². The number of benzene rings is 2. The van der Waals surface area contributed by atoms with Crippen molar-refractivity contribution in [1.29, 1.82) is 0 Å². The fourth-order valence-corrected chi connectivity index (χ4v) is 2.77. The molecule has 33 heavy (non-hydrogen) atoms. The van der Waals surface area contributed by atoms with Crippen LogP contribution in [0.2, 0.25) is 0 Å². The molecule has 0 saturated carbocycles. The molecule has 1 heterocycles. The van der Waals surface area contributed by atoms with Gasteiger partial charge in [-0.25, -0.2) is 9.78 Å². The third-order valence-electron chi connectivity index (χ3n) is 4.39. The maximum atomic E-state index is 12.9. The van der Waals surface area contributed by atoms with Gasteiger partial charge in [-0.05, 0) is 61.5 Å². The Kier molecular flexibility index (Phi) is 7.07. The number of esters is 1. The summed E-state index contributed by atoms with van der Waals surface area (Å²) in [5.41, 5.74) is 0.0459. The molecule has 0 aliphatic heterocycles. The van der Waals surface area contributed by atoms with Crippen LogP contribution in [0.15, 0.2) is 66.9 Å². The summed E-state index contributed by atoms with van der Waals surface area (Å²) >= 11 is 0. The van der Waals surface area contributed by atoms with Crippen LogP contribution in [0.1, 0.15) is 33.2 Å². The molecule has 0 radical (unpaired) electrons. The average molecular weight is 457 g/mol. The third-order valence-corrected chi connectivity index (χ3v) is 4.39. The van der Waals surface area contributed by atoms with Gasteiger partial charge in [-0.2, -0.15) is 13.2 Å². The topological polar surface area (TPSA) is 97.4 Å². The lowest BCUT2D eigenvalue weighted by Crippen LogP contribution is -2.21. The second-order valence-corrected chi connectivity index (χ2v) is 6.86. The first-order chi connectivity index (χ1) is 15.6. The lowest BCUT2D eigenvalue weighted by atomic mass is 10.1. The number of aromatic nitrogens is 1. The van der Waals surface area contributed by atoms with Gasteiger partial charge in [0.25, 0.3) is 5.91 Å². The van der Waals surface area contributed by atoms with E-state index in [9.17, 15) is 27.6 Å². The van der Waals surface area contributed by atoms with Crippen LogP contribution >= 0.6 is 0 Å². The van der Waals surface area contributed by atoms with Gasteiger partial charge < -0.3 is 15.4 Å². The highest BCUT2D eigenvalue weighted by atomic mass is 19.4. The molecule has 0 unspecified atom stereocenters. The summed E-state index contributed by atoms with van der Waals surface area (Å²) in [5, 5.41) is 5.19. The Morgan fingerprint density at radius 3 is 2.36 bits per heavy atom. The third kappa shape index (κ3) is 6.39. The minimum atomic E-state index is -4.52. The summed E-state index contributed by atoms with van der Waals surface area (Å²) < 4.78 is 43.8. The first-order valence-electron chi connectivity index (χ1n) is 9.61. The molecule has 1 aromatic heterocycles. The Morgan fingerprint density at radius 2 is 1.70 bits per heavy atom. The van der Waals surface area contributed by atoms with Crippen molar-refractivity contribution in [2.24, 2.45) is 0 Å². The van der Waals surface area contributed by atoms with E-state index in [1.807, 2.05) is 0 Å². The number of amides is 1. The molecule has 10 heteroatoms. The number of halogens is 3. The predicted molar refractivity (Wildman–Crippen MR) is 114 cm³/mol. The van der Waals surface area contributed by atoms with E-state index in [0.29, 0.717) is 11.3 Å². The van der Waals surface area contributed by atoms with Gasteiger partial charge in [0.15, 0.2) is 12.4 Å². The van der Waals surface area contributed by atoms with E-state index in [-0.39, 0.29) is 22.9 Å². The van der Waals surface area contributed by atoms with Gasteiger partial charge in [-0.15, -0.1) is 0 Å². The van der Waals surface area contributed by atoms with Gasteiger partial charge in [0.05, 0.1) is 5.56 Å². The Balaban J connectivity index is 1.64. The molecule has 3 rings (SSSR count). The summed E-state index contributed by atoms with van der Waals surface area (Å²) in [7, 11) is 0. The van der Waals surface area contributed by atoms with Crippen LogP contribution in [0.3, 0.4) is 0 Å². The van der Waals surface area contributed by atoms with Gasteiger partial charge in [-0.3, -0.25) is 9.59 Å². The van der Waals surface area contributed by atoms with E-state index in [4.69, 9.17) is 4.74 Å². The zero-order chi connectivity index (χ0) is 24.0. The summed E-state index contributed by atoms with van der Waals surface area (Å²) in [6, 6.07) is 13.4. The first-order valence-corrected chi connectivity index (χ1v) is 9.61. The number of ketones is 1. The predicted octanol–water partition coefficient (Wildman–Crippen LogP) is 4.84. The van der Waals surface area contributed by atoms with Crippen molar-refractivity contribution in [2.45, 2.75) is 13.1 Å². The molecule has 0 bridgehead atoms. The Morgan fingerprint density at radius 1 is 0.970 bits per heavy atom. The number of hydrogen-bond acceptors (Lipinski definition) is 6. The second-order valence-electron chi connectivity index (χ2n) is 6.86. The molecule has 0 atom stereocenters. The maximum Gasteiger partial charge on any atom is 0.416 e. The van der Waals surface area contributed by atoms with E-state index in [0.717, 1.165) is 12.1 Å². The van der Waals surface area contributed by atoms with Crippen LogP contribution in [0.5, 0.6) is 0 Å². The van der Waals surface area contributed by atoms with Crippen LogP contribution in [0.25, 0.3) is 0 Å². The Hall–Kier alpha value is -4.21. The lowest BCUT2D eigenvalue weighted by molar-refractivity contribution is -0.137. The van der Waals surface area contributed by atoms with Crippen LogP contribution in [0.4, 0.5) is 30.4 Å². The number of nitrogens with zero attached hydrogens (tertiary/aromatic N) is 1. The van der Waals surface area contributed by atoms with Crippen molar-refractivity contribution in [3.63, 3.8) is 0 Å². The summed E-state index contributed by atoms with van der Waals surface area (Å²) in [6.45, 7) is 0.812. The number of nitrogens with one attached hydrogen (secondary N) is 2. The fraction of sp³-hybridized carbons (Fsp3) is 0.130. The van der Waals surface area contributed by atoms with Crippen molar-refractivity contribution in [3.8, 4) is 0 Å². The molecule has 0 fully saturated rings. The van der Waals surface area contributed by atoms with Crippen LogP contribution in [-0.2, 0) is 15.7 Å². The van der Waals surface area contributed by atoms with E-state index in [1.54, 1.807) is 12.1 Å². The molecule has 0 spiro atoms. The molecule has 3 aromatic rings. The number of rotatable bonds is 7. The molecule has 2 N–H and O–H groups in total. The highest BCUT2D eigenvalue weighted by Crippen LogP contribution is 2.31. The number of carbonyl (C=O) groups is 3. The minimum Gasteiger partial charge on any atom is -0.452 e. The van der Waals surface area contributed by atoms with Crippen LogP contribution < -0.4 is 10.6 Å². The molecular weight excluding hydrogens is 439 g/mol. The summed E-state index contributed by atoms with van der Waals surface area (Å²) in [6.07, 6.45) is -3.17. The van der Waals surface area contributed by atoms with Gasteiger partial charge in [0.1, 0.15) is 11.4 Å². The Bertz CT molecular complexity index is 1180. The molecular formula is C23H18F3N3O4. The fourth-order valence-electron chi connectivity index (χ4n) is 2.77. The molecule has 1 amide bonds. The van der Waals surface area contributed by atoms with E-state index < -0.39 is 30.2 Å². The average Bonchev–Trinajstić information content (AvgIpc) is 2.78. The largest absolute Gasteiger partial charge is 0.452 e. The normalized spacial score (nSPS) is 10.9. The molecule has 0 aliphatic carbocycles. The van der Waals surface area contributed by atoms with E-state index in [2.05, 4.69) is 15.6 Å². The molecule has 0 saturated heterocycles. The second kappa shape index (κ2) is 9.94. The van der Waals surface area contributed by atoms with Gasteiger partial charge in [-0.1, -0.05) is 6.07 Å². The number of alkyl halides is 3. The zero-order valence-corrected chi connectivity index (χ0v) is 17.3. The number of ether oxygens (including phenoxy) is 1. The first kappa shape index (κ1) is 23.5. The highest BCUT2D eigenvalue weighted by molar-refractivity contribution is 5.99. The van der Waals surface area contributed by atoms with Gasteiger partial charge >= 0.3 is 12.1 Å². The van der Waals surface area contributed by atoms with Crippen molar-refractivity contribution in [1.82, 2.24) is 4.98 Å². The highest BCUT2D eigenvalue weighted by Gasteiger charge is 2.30. The van der Waals surface area contributed by atoms with Crippen LogP contribution in [0, 0.1) is 0 Å². The SMILES string of the molecule is CC(=O)c1ccc(NC(=O)COC(=O)c2cccnc2Nc2cccc(C(F)(F)F)c2)cc1. The molecule has 0 aliphatic rings.